The van der Waals surface area contributed by atoms with E-state index >= 15 is 0 Å². The van der Waals surface area contributed by atoms with Gasteiger partial charge < -0.3 is 5.73 Å². The van der Waals surface area contributed by atoms with Crippen molar-refractivity contribution in [3.8, 4) is 0 Å². The van der Waals surface area contributed by atoms with Crippen LogP contribution in [0.15, 0.2) is 18.3 Å². The van der Waals surface area contributed by atoms with E-state index in [2.05, 4.69) is 4.98 Å². The summed E-state index contributed by atoms with van der Waals surface area (Å²) >= 11 is 0. The zero-order valence-corrected chi connectivity index (χ0v) is 8.22. The van der Waals surface area contributed by atoms with Crippen LogP contribution >= 0.6 is 0 Å². The Kier molecular flexibility index (Phi) is 3.18. The molecule has 0 radical (unpaired) electrons. The summed E-state index contributed by atoms with van der Waals surface area (Å²) in [6, 6.07) is 1.53. The van der Waals surface area contributed by atoms with Crippen LogP contribution in [0, 0.1) is 0 Å². The molecule has 16 heavy (non-hydrogen) atoms. The maximum absolute atomic E-state index is 12.4. The van der Waals surface area contributed by atoms with Gasteiger partial charge in [0.2, 0.25) is 0 Å². The minimum atomic E-state index is -4.54. The molecule has 0 spiro atoms. The number of halogens is 5. The van der Waals surface area contributed by atoms with Crippen molar-refractivity contribution < 1.29 is 22.0 Å². The molecule has 1 aromatic rings. The molecule has 7 heteroatoms. The Morgan fingerprint density at radius 1 is 1.25 bits per heavy atom. The van der Waals surface area contributed by atoms with Gasteiger partial charge in [-0.15, -0.1) is 0 Å². The van der Waals surface area contributed by atoms with E-state index in [1.54, 1.807) is 0 Å². The summed E-state index contributed by atoms with van der Waals surface area (Å²) in [6.07, 6.45) is -6.96. The van der Waals surface area contributed by atoms with Crippen molar-refractivity contribution in [2.45, 2.75) is 25.1 Å². The quantitative estimate of drug-likeness (QED) is 0.807. The van der Waals surface area contributed by atoms with Gasteiger partial charge in [0, 0.05) is 6.20 Å². The number of nitrogens with two attached hydrogens (primary N) is 1. The molecule has 1 unspecified atom stereocenters. The van der Waals surface area contributed by atoms with Crippen LogP contribution in [0.4, 0.5) is 22.0 Å². The van der Waals surface area contributed by atoms with E-state index in [-0.39, 0.29) is 5.69 Å². The normalized spacial score (nSPS) is 16.2. The summed E-state index contributed by atoms with van der Waals surface area (Å²) in [5.74, 6) is 0. The fraction of sp³-hybridized carbons (Fsp3) is 0.444. The summed E-state index contributed by atoms with van der Waals surface area (Å²) in [6.45, 7) is 1.01. The van der Waals surface area contributed by atoms with Crippen LogP contribution in [0.25, 0.3) is 0 Å². The first-order valence-electron chi connectivity index (χ1n) is 4.26. The molecule has 0 saturated heterocycles. The van der Waals surface area contributed by atoms with Crippen LogP contribution < -0.4 is 5.73 Å². The van der Waals surface area contributed by atoms with Crippen molar-refractivity contribution in [2.24, 2.45) is 5.73 Å². The maximum Gasteiger partial charge on any atom is 0.417 e. The van der Waals surface area contributed by atoms with Crippen molar-refractivity contribution >= 4 is 0 Å². The molecule has 0 aromatic carbocycles. The van der Waals surface area contributed by atoms with E-state index in [0.29, 0.717) is 12.3 Å². The van der Waals surface area contributed by atoms with Gasteiger partial charge in [0.15, 0.2) is 0 Å². The highest BCUT2D eigenvalue weighted by Crippen LogP contribution is 2.30. The van der Waals surface area contributed by atoms with Crippen LogP contribution in [0.3, 0.4) is 0 Å². The third kappa shape index (κ3) is 2.46. The van der Waals surface area contributed by atoms with Gasteiger partial charge in [-0.05, 0) is 19.1 Å². The Morgan fingerprint density at radius 3 is 2.12 bits per heavy atom. The van der Waals surface area contributed by atoms with Crippen molar-refractivity contribution in [1.29, 1.82) is 0 Å². The Balaban J connectivity index is 3.05. The van der Waals surface area contributed by atoms with Gasteiger partial charge in [-0.25, -0.2) is 8.78 Å². The van der Waals surface area contributed by atoms with Gasteiger partial charge in [-0.3, -0.25) is 4.98 Å². The second-order valence-corrected chi connectivity index (χ2v) is 3.51. The highest BCUT2D eigenvalue weighted by molar-refractivity contribution is 5.21. The minimum absolute atomic E-state index is 0.282. The summed E-state index contributed by atoms with van der Waals surface area (Å²) < 4.78 is 61.4. The number of hydrogen-bond donors (Lipinski definition) is 1. The molecule has 1 aromatic heterocycles. The van der Waals surface area contributed by atoms with Crippen LogP contribution in [0.1, 0.15) is 18.2 Å². The van der Waals surface area contributed by atoms with Crippen molar-refractivity contribution in [1.82, 2.24) is 4.98 Å². The largest absolute Gasteiger partial charge is 0.417 e. The molecule has 0 aliphatic heterocycles. The van der Waals surface area contributed by atoms with Gasteiger partial charge in [0.1, 0.15) is 5.54 Å². The van der Waals surface area contributed by atoms with Gasteiger partial charge in [0.05, 0.1) is 11.3 Å². The zero-order valence-electron chi connectivity index (χ0n) is 8.22. The third-order valence-electron chi connectivity index (χ3n) is 2.10. The van der Waals surface area contributed by atoms with Gasteiger partial charge >= 0.3 is 6.18 Å². The molecular weight excluding hydrogens is 231 g/mol. The molecule has 0 aliphatic rings. The molecule has 0 saturated carbocycles. The first kappa shape index (κ1) is 12.8. The summed E-state index contributed by atoms with van der Waals surface area (Å²) in [5, 5.41) is 0. The average Bonchev–Trinajstić information content (AvgIpc) is 2.16. The molecule has 2 nitrogen and oxygen atoms in total. The fourth-order valence-electron chi connectivity index (χ4n) is 0.992. The lowest BCUT2D eigenvalue weighted by atomic mass is 9.99. The zero-order chi connectivity index (χ0) is 12.6. The Hall–Kier alpha value is -1.24. The standard InChI is InChI=1S/C9H9F5N2/c1-8(15,7(10)11)6-3-2-5(4-16-6)9(12,13)14/h2-4,7H,15H2,1H3. The molecule has 1 rings (SSSR count). The summed E-state index contributed by atoms with van der Waals surface area (Å²) in [4.78, 5) is 3.31. The van der Waals surface area contributed by atoms with E-state index in [1.165, 1.54) is 0 Å². The monoisotopic (exact) mass is 240 g/mol. The first-order valence-corrected chi connectivity index (χ1v) is 4.26. The van der Waals surface area contributed by atoms with Gasteiger partial charge in [-0.2, -0.15) is 13.2 Å². The van der Waals surface area contributed by atoms with E-state index in [0.717, 1.165) is 13.0 Å². The van der Waals surface area contributed by atoms with Crippen LogP contribution in [-0.2, 0) is 11.7 Å². The number of pyridine rings is 1. The SMILES string of the molecule is CC(N)(c1ccc(C(F)(F)F)cn1)C(F)F. The fourth-order valence-corrected chi connectivity index (χ4v) is 0.992. The minimum Gasteiger partial charge on any atom is -0.316 e. The Morgan fingerprint density at radius 2 is 1.81 bits per heavy atom. The third-order valence-corrected chi connectivity index (χ3v) is 2.10. The highest BCUT2D eigenvalue weighted by atomic mass is 19.4. The van der Waals surface area contributed by atoms with Crippen LogP contribution in [-0.4, -0.2) is 11.4 Å². The van der Waals surface area contributed by atoms with Gasteiger partial charge in [0.25, 0.3) is 6.43 Å². The van der Waals surface area contributed by atoms with Gasteiger partial charge in [-0.1, -0.05) is 0 Å². The summed E-state index contributed by atoms with van der Waals surface area (Å²) in [7, 11) is 0. The molecule has 1 atom stereocenters. The van der Waals surface area contributed by atoms with E-state index in [4.69, 9.17) is 5.73 Å². The van der Waals surface area contributed by atoms with E-state index in [9.17, 15) is 22.0 Å². The van der Waals surface area contributed by atoms with Crippen molar-refractivity contribution in [3.05, 3.63) is 29.6 Å². The molecule has 2 N–H and O–H groups in total. The first-order chi connectivity index (χ1) is 7.15. The highest BCUT2D eigenvalue weighted by Gasteiger charge is 2.35. The molecule has 0 aliphatic carbocycles. The second kappa shape index (κ2) is 3.97. The second-order valence-electron chi connectivity index (χ2n) is 3.51. The lowest BCUT2D eigenvalue weighted by molar-refractivity contribution is -0.137. The Labute approximate surface area is 88.3 Å². The van der Waals surface area contributed by atoms with Crippen LogP contribution in [0.2, 0.25) is 0 Å². The van der Waals surface area contributed by atoms with Crippen LogP contribution in [0.5, 0.6) is 0 Å². The van der Waals surface area contributed by atoms with E-state index < -0.39 is 23.7 Å². The predicted octanol–water partition coefficient (Wildman–Crippen LogP) is 2.54. The number of nitrogens with zero attached hydrogens (tertiary/aromatic N) is 1. The Bertz CT molecular complexity index is 355. The number of hydrogen-bond acceptors (Lipinski definition) is 2. The lowest BCUT2D eigenvalue weighted by Gasteiger charge is -2.22. The van der Waals surface area contributed by atoms with E-state index in [1.807, 2.05) is 0 Å². The molecule has 0 amide bonds. The lowest BCUT2D eigenvalue weighted by Crippen LogP contribution is -2.41. The smallest absolute Gasteiger partial charge is 0.316 e. The molecular formula is C9H9F5N2. The molecule has 1 heterocycles. The summed E-state index contributed by atoms with van der Waals surface area (Å²) in [5.41, 5.74) is 1.91. The van der Waals surface area contributed by atoms with Crippen molar-refractivity contribution in [2.75, 3.05) is 0 Å². The predicted molar refractivity (Wildman–Crippen MR) is 46.8 cm³/mol. The molecule has 0 bridgehead atoms. The number of rotatable bonds is 2. The maximum atomic E-state index is 12.4. The number of alkyl halides is 5. The molecule has 0 fully saturated rings. The average molecular weight is 240 g/mol. The number of aromatic nitrogens is 1. The van der Waals surface area contributed by atoms with Crippen molar-refractivity contribution in [3.63, 3.8) is 0 Å². The topological polar surface area (TPSA) is 38.9 Å². The molecule has 90 valence electrons.